The Labute approximate surface area is 70.2 Å². The van der Waals surface area contributed by atoms with E-state index in [9.17, 15) is 18.0 Å². The quantitative estimate of drug-likeness (QED) is 0.465. The summed E-state index contributed by atoms with van der Waals surface area (Å²) in [5, 5.41) is 0. The first-order valence-electron chi connectivity index (χ1n) is 2.97. The van der Waals surface area contributed by atoms with Gasteiger partial charge in [0.2, 0.25) is 0 Å². The van der Waals surface area contributed by atoms with E-state index in [1.54, 1.807) is 0 Å². The molecule has 0 saturated heterocycles. The Hall–Kier alpha value is -1.29. The smallest absolute Gasteiger partial charge is 0.210 e. The Morgan fingerprint density at radius 1 is 1.08 bits per heavy atom. The van der Waals surface area contributed by atoms with Crippen LogP contribution in [-0.2, 0) is 19.8 Å². The minimum Gasteiger partial charge on any atom is -0.210 e. The fraction of sp³-hybridized carbons (Fsp3) is 0.600. The third-order valence-corrected chi connectivity index (χ3v) is 0.916. The second-order valence-corrected chi connectivity index (χ2v) is 2.78. The van der Waals surface area contributed by atoms with Crippen molar-refractivity contribution in [3.63, 3.8) is 0 Å². The second kappa shape index (κ2) is 7.81. The summed E-state index contributed by atoms with van der Waals surface area (Å²) in [5.74, 6) is 0. The molecule has 0 aliphatic carbocycles. The molecule has 0 aliphatic heterocycles. The van der Waals surface area contributed by atoms with Crippen molar-refractivity contribution < 1.29 is 18.0 Å². The highest BCUT2D eigenvalue weighted by molar-refractivity contribution is 7.89. The molecule has 0 atom stereocenters. The maximum atomic E-state index is 9.97. The first-order valence-corrected chi connectivity index (χ1v) is 4.37. The van der Waals surface area contributed by atoms with E-state index in [4.69, 9.17) is 0 Å². The first-order chi connectivity index (χ1) is 5.54. The number of hydrogen-bond acceptors (Lipinski definition) is 4. The van der Waals surface area contributed by atoms with Crippen LogP contribution in [0.4, 0.5) is 0 Å². The lowest BCUT2D eigenvalue weighted by molar-refractivity contribution is 0.561. The maximum Gasteiger partial charge on any atom is 0.383 e. The molecule has 0 aromatic rings. The molecule has 0 amide bonds. The Bertz CT molecular complexity index is 271. The fourth-order valence-electron chi connectivity index (χ4n) is 0.115. The van der Waals surface area contributed by atoms with Crippen molar-refractivity contribution in [3.05, 3.63) is 0 Å². The van der Waals surface area contributed by atoms with Gasteiger partial charge >= 0.3 is 10.2 Å². The lowest BCUT2D eigenvalue weighted by Crippen LogP contribution is -1.86. The zero-order valence-corrected chi connectivity index (χ0v) is 7.46. The van der Waals surface area contributed by atoms with Crippen molar-refractivity contribution >= 4 is 22.4 Å². The molecule has 0 aliphatic rings. The van der Waals surface area contributed by atoms with Gasteiger partial charge in [0.1, 0.15) is 0 Å². The molecule has 0 aromatic heterocycles. The van der Waals surface area contributed by atoms with Crippen LogP contribution in [0.1, 0.15) is 20.3 Å². The fourth-order valence-corrected chi connectivity index (χ4v) is 0.344. The van der Waals surface area contributed by atoms with Crippen molar-refractivity contribution in [1.29, 1.82) is 0 Å². The van der Waals surface area contributed by atoms with Gasteiger partial charge in [0.25, 0.3) is 12.2 Å². The van der Waals surface area contributed by atoms with Crippen LogP contribution in [0.3, 0.4) is 0 Å². The summed E-state index contributed by atoms with van der Waals surface area (Å²) in [5.41, 5.74) is 0. The van der Waals surface area contributed by atoms with Crippen molar-refractivity contribution in [3.8, 4) is 0 Å². The molecule has 0 fully saturated rings. The van der Waals surface area contributed by atoms with E-state index in [0.29, 0.717) is 12.2 Å². The van der Waals surface area contributed by atoms with Crippen molar-refractivity contribution in [2.75, 3.05) is 0 Å². The van der Waals surface area contributed by atoms with Gasteiger partial charge in [0.05, 0.1) is 0 Å². The van der Waals surface area contributed by atoms with Gasteiger partial charge in [-0.15, -0.1) is 0 Å². The van der Waals surface area contributed by atoms with Gasteiger partial charge in [-0.1, -0.05) is 29.1 Å². The molecule has 0 unspecified atom stereocenters. The number of hydrogen-bond donors (Lipinski definition) is 0. The summed E-state index contributed by atoms with van der Waals surface area (Å²) >= 11 is 0. The Balaban J connectivity index is 0. The van der Waals surface area contributed by atoms with Gasteiger partial charge in [0.15, 0.2) is 0 Å². The molecular weight excluding hydrogens is 184 g/mol. The number of nitrogens with zero attached hydrogens (tertiary/aromatic N) is 2. The van der Waals surface area contributed by atoms with Crippen molar-refractivity contribution in [2.24, 2.45) is 8.80 Å². The number of rotatable bonds is 2. The second-order valence-electron chi connectivity index (χ2n) is 1.52. The summed E-state index contributed by atoms with van der Waals surface area (Å²) in [6.45, 7) is 4.25. The van der Waals surface area contributed by atoms with E-state index in [1.165, 1.54) is 6.42 Å². The van der Waals surface area contributed by atoms with Crippen LogP contribution in [-0.4, -0.2) is 20.6 Å². The molecule has 0 radical (unpaired) electrons. The summed E-state index contributed by atoms with van der Waals surface area (Å²) < 4.78 is 24.3. The summed E-state index contributed by atoms with van der Waals surface area (Å²) in [6.07, 6.45) is 2.66. The summed E-state index contributed by atoms with van der Waals surface area (Å²) in [4.78, 5) is 18.5. The van der Waals surface area contributed by atoms with E-state index in [-0.39, 0.29) is 0 Å². The largest absolute Gasteiger partial charge is 0.383 e. The van der Waals surface area contributed by atoms with E-state index >= 15 is 0 Å². The average Bonchev–Trinajstić information content (AvgIpc) is 1.88. The topological polar surface area (TPSA) is 93.0 Å². The molecule has 0 N–H and O–H groups in total. The van der Waals surface area contributed by atoms with E-state index in [2.05, 4.69) is 22.6 Å². The minimum atomic E-state index is -4.28. The molecule has 68 valence electrons. The Morgan fingerprint density at radius 3 is 1.50 bits per heavy atom. The standard InChI is InChI=1S/C3H8.C2N2O4S/c1-3-2;5-1-3-9(7,8)4-2-6/h3H2,1-2H3;. The third-order valence-electron chi connectivity index (χ3n) is 0.305. The Morgan fingerprint density at radius 2 is 1.33 bits per heavy atom. The monoisotopic (exact) mass is 192 g/mol. The normalized spacial score (nSPS) is 8.17. The van der Waals surface area contributed by atoms with E-state index < -0.39 is 10.2 Å². The maximum absolute atomic E-state index is 9.97. The average molecular weight is 192 g/mol. The lowest BCUT2D eigenvalue weighted by atomic mass is 10.6. The van der Waals surface area contributed by atoms with Gasteiger partial charge in [0, 0.05) is 0 Å². The van der Waals surface area contributed by atoms with Crippen molar-refractivity contribution in [1.82, 2.24) is 0 Å². The molecule has 12 heavy (non-hydrogen) atoms. The molecule has 0 heterocycles. The van der Waals surface area contributed by atoms with Gasteiger partial charge in [-0.3, -0.25) is 0 Å². The zero-order valence-electron chi connectivity index (χ0n) is 6.64. The third kappa shape index (κ3) is 11.5. The minimum absolute atomic E-state index is 0.707. The van der Waals surface area contributed by atoms with Crippen LogP contribution >= 0.6 is 0 Å². The first kappa shape index (κ1) is 13.3. The predicted octanol–water partition coefficient (Wildman–Crippen LogP) is 0.319. The van der Waals surface area contributed by atoms with Gasteiger partial charge in [-0.05, 0) is 0 Å². The van der Waals surface area contributed by atoms with Gasteiger partial charge in [-0.2, -0.15) is 8.42 Å². The molecule has 7 heteroatoms. The molecule has 0 spiro atoms. The van der Waals surface area contributed by atoms with Crippen LogP contribution in [0.2, 0.25) is 0 Å². The van der Waals surface area contributed by atoms with Crippen LogP contribution in [0, 0.1) is 0 Å². The van der Waals surface area contributed by atoms with Crippen LogP contribution in [0.25, 0.3) is 0 Å². The number of isocyanates is 2. The molecule has 0 rings (SSSR count). The van der Waals surface area contributed by atoms with Crippen molar-refractivity contribution in [2.45, 2.75) is 20.3 Å². The molecule has 6 nitrogen and oxygen atoms in total. The predicted molar refractivity (Wildman–Crippen MR) is 41.1 cm³/mol. The van der Waals surface area contributed by atoms with Crippen LogP contribution in [0.15, 0.2) is 8.80 Å². The molecule has 0 saturated carbocycles. The highest BCUT2D eigenvalue weighted by atomic mass is 32.2. The zero-order chi connectivity index (χ0) is 10.0. The van der Waals surface area contributed by atoms with Crippen LogP contribution in [0.5, 0.6) is 0 Å². The Kier molecular flexibility index (Phi) is 8.67. The van der Waals surface area contributed by atoms with E-state index in [0.717, 1.165) is 0 Å². The van der Waals surface area contributed by atoms with Crippen LogP contribution < -0.4 is 0 Å². The molecular formula is C5H8N2O4S. The van der Waals surface area contributed by atoms with E-state index in [1.807, 2.05) is 0 Å². The SMILES string of the molecule is CCC.O=C=NS(=O)(=O)N=C=O. The number of carbonyl (C=O) groups excluding carboxylic acids is 2. The molecule has 0 aromatic carbocycles. The highest BCUT2D eigenvalue weighted by Crippen LogP contribution is 1.87. The molecule has 0 bridgehead atoms. The summed E-state index contributed by atoms with van der Waals surface area (Å²) in [6, 6.07) is 0. The summed E-state index contributed by atoms with van der Waals surface area (Å²) in [7, 11) is -4.28. The highest BCUT2D eigenvalue weighted by Gasteiger charge is 2.00. The van der Waals surface area contributed by atoms with Gasteiger partial charge < -0.3 is 0 Å². The van der Waals surface area contributed by atoms with Gasteiger partial charge in [-0.25, -0.2) is 9.59 Å². The lowest BCUT2D eigenvalue weighted by Gasteiger charge is -1.72.